The Morgan fingerprint density at radius 1 is 1.00 bits per heavy atom. The van der Waals surface area contributed by atoms with Gasteiger partial charge in [-0.25, -0.2) is 0 Å². The summed E-state index contributed by atoms with van der Waals surface area (Å²) < 4.78 is 17.5. The van der Waals surface area contributed by atoms with E-state index in [1.54, 1.807) is 38.5 Å². The number of ether oxygens (including phenoxy) is 3. The third-order valence-electron chi connectivity index (χ3n) is 4.68. The summed E-state index contributed by atoms with van der Waals surface area (Å²) in [5, 5.41) is 0. The van der Waals surface area contributed by atoms with E-state index in [2.05, 4.69) is 13.2 Å². The molecular weight excluding hydrogens is 328 g/mol. The van der Waals surface area contributed by atoms with E-state index in [-0.39, 0.29) is 5.78 Å². The van der Waals surface area contributed by atoms with Crippen LogP contribution in [0.1, 0.15) is 33.5 Å². The van der Waals surface area contributed by atoms with Crippen molar-refractivity contribution in [3.63, 3.8) is 0 Å². The second-order valence-electron chi connectivity index (χ2n) is 6.02. The predicted molar refractivity (Wildman–Crippen MR) is 101 cm³/mol. The molecule has 1 aliphatic carbocycles. The van der Waals surface area contributed by atoms with Gasteiger partial charge in [0.25, 0.3) is 0 Å². The Morgan fingerprint density at radius 2 is 1.77 bits per heavy atom. The number of methoxy groups -OCH3 is 2. The molecule has 0 aromatic heterocycles. The SMILES string of the molecule is C=CCOC1(CC=C)c2ccccc2C(=O)c2ccc(OC)c(OC)c21. The van der Waals surface area contributed by atoms with Crippen LogP contribution in [0.2, 0.25) is 0 Å². The minimum atomic E-state index is -0.907. The first kappa shape index (κ1) is 18.0. The van der Waals surface area contributed by atoms with Gasteiger partial charge in [0.1, 0.15) is 5.60 Å². The highest BCUT2D eigenvalue weighted by molar-refractivity contribution is 6.13. The Hall–Kier alpha value is -2.85. The van der Waals surface area contributed by atoms with Gasteiger partial charge in [0, 0.05) is 23.1 Å². The van der Waals surface area contributed by atoms with Gasteiger partial charge in [0.05, 0.1) is 20.8 Å². The lowest BCUT2D eigenvalue weighted by Crippen LogP contribution is -2.38. The van der Waals surface area contributed by atoms with E-state index >= 15 is 0 Å². The zero-order chi connectivity index (χ0) is 18.7. The topological polar surface area (TPSA) is 44.8 Å². The van der Waals surface area contributed by atoms with Crippen LogP contribution in [-0.2, 0) is 10.3 Å². The number of hydrogen-bond acceptors (Lipinski definition) is 4. The number of benzene rings is 2. The van der Waals surface area contributed by atoms with E-state index in [4.69, 9.17) is 14.2 Å². The molecule has 2 aromatic rings. The summed E-state index contributed by atoms with van der Waals surface area (Å²) in [6.07, 6.45) is 3.95. The molecule has 1 atom stereocenters. The largest absolute Gasteiger partial charge is 0.493 e. The van der Waals surface area contributed by atoms with Gasteiger partial charge < -0.3 is 14.2 Å². The molecule has 0 radical (unpaired) electrons. The van der Waals surface area contributed by atoms with Crippen molar-refractivity contribution < 1.29 is 19.0 Å². The van der Waals surface area contributed by atoms with Gasteiger partial charge in [-0.3, -0.25) is 4.79 Å². The molecule has 0 saturated carbocycles. The highest BCUT2D eigenvalue weighted by atomic mass is 16.5. The Morgan fingerprint density at radius 3 is 2.42 bits per heavy atom. The maximum absolute atomic E-state index is 13.1. The van der Waals surface area contributed by atoms with E-state index in [0.29, 0.717) is 41.2 Å². The molecule has 0 bridgehead atoms. The molecule has 3 rings (SSSR count). The summed E-state index contributed by atoms with van der Waals surface area (Å²) in [6, 6.07) is 11.0. The smallest absolute Gasteiger partial charge is 0.193 e. The molecule has 0 aliphatic heterocycles. The maximum atomic E-state index is 13.1. The molecule has 1 aliphatic rings. The van der Waals surface area contributed by atoms with Crippen LogP contribution in [0.25, 0.3) is 0 Å². The first-order valence-corrected chi connectivity index (χ1v) is 8.40. The van der Waals surface area contributed by atoms with Crippen LogP contribution in [0, 0.1) is 0 Å². The van der Waals surface area contributed by atoms with Gasteiger partial charge >= 0.3 is 0 Å². The number of ketones is 1. The van der Waals surface area contributed by atoms with Crippen molar-refractivity contribution in [2.45, 2.75) is 12.0 Å². The van der Waals surface area contributed by atoms with Gasteiger partial charge in [-0.1, -0.05) is 36.4 Å². The van der Waals surface area contributed by atoms with Crippen LogP contribution in [0.5, 0.6) is 11.5 Å². The summed E-state index contributed by atoms with van der Waals surface area (Å²) >= 11 is 0. The number of rotatable bonds is 7. The molecule has 0 saturated heterocycles. The van der Waals surface area contributed by atoms with E-state index in [1.165, 1.54) is 0 Å². The van der Waals surface area contributed by atoms with Crippen molar-refractivity contribution >= 4 is 5.78 Å². The van der Waals surface area contributed by atoms with Crippen molar-refractivity contribution in [2.24, 2.45) is 0 Å². The molecule has 0 spiro atoms. The summed E-state index contributed by atoms with van der Waals surface area (Å²) in [5.74, 6) is 0.992. The van der Waals surface area contributed by atoms with E-state index in [1.807, 2.05) is 24.3 Å². The lowest BCUT2D eigenvalue weighted by molar-refractivity contribution is -0.00375. The highest BCUT2D eigenvalue weighted by Gasteiger charge is 2.46. The monoisotopic (exact) mass is 350 g/mol. The third kappa shape index (κ3) is 2.54. The average molecular weight is 350 g/mol. The fourth-order valence-corrected chi connectivity index (χ4v) is 3.66. The zero-order valence-corrected chi connectivity index (χ0v) is 15.1. The van der Waals surface area contributed by atoms with Crippen molar-refractivity contribution in [3.8, 4) is 11.5 Å². The molecule has 0 amide bonds. The van der Waals surface area contributed by atoms with Crippen molar-refractivity contribution in [1.82, 2.24) is 0 Å². The molecule has 26 heavy (non-hydrogen) atoms. The van der Waals surface area contributed by atoms with Gasteiger partial charge in [-0.2, -0.15) is 0 Å². The van der Waals surface area contributed by atoms with Gasteiger partial charge in [0.2, 0.25) is 0 Å². The number of carbonyl (C=O) groups is 1. The molecule has 0 N–H and O–H groups in total. The quantitative estimate of drug-likeness (QED) is 0.700. The van der Waals surface area contributed by atoms with Crippen LogP contribution in [0.15, 0.2) is 61.7 Å². The Balaban J connectivity index is 2.43. The van der Waals surface area contributed by atoms with Gasteiger partial charge in [-0.05, 0) is 17.7 Å². The zero-order valence-electron chi connectivity index (χ0n) is 15.1. The summed E-state index contributed by atoms with van der Waals surface area (Å²) in [4.78, 5) is 13.1. The Kier molecular flexibility index (Phi) is 4.96. The van der Waals surface area contributed by atoms with Crippen molar-refractivity contribution in [3.05, 3.63) is 84.0 Å². The normalized spacial score (nSPS) is 17.8. The number of hydrogen-bond donors (Lipinski definition) is 0. The average Bonchev–Trinajstić information content (AvgIpc) is 2.69. The fraction of sp³-hybridized carbons (Fsp3) is 0.227. The molecule has 4 nitrogen and oxygen atoms in total. The molecule has 1 unspecified atom stereocenters. The summed E-state index contributed by atoms with van der Waals surface area (Å²) in [6.45, 7) is 7.99. The number of carbonyl (C=O) groups excluding carboxylic acids is 1. The standard InChI is InChI=1S/C22H22O4/c1-5-13-22(26-14-6-2)17-10-8-7-9-15(17)20(23)16-11-12-18(24-3)21(25-4)19(16)22/h5-12H,1-2,13-14H2,3-4H3. The molecular formula is C22H22O4. The lowest BCUT2D eigenvalue weighted by Gasteiger charge is -2.40. The first-order chi connectivity index (χ1) is 12.6. The van der Waals surface area contributed by atoms with E-state index in [0.717, 1.165) is 5.56 Å². The Labute approximate surface area is 153 Å². The van der Waals surface area contributed by atoms with Gasteiger partial charge in [-0.15, -0.1) is 13.2 Å². The third-order valence-corrected chi connectivity index (χ3v) is 4.68. The van der Waals surface area contributed by atoms with E-state index in [9.17, 15) is 4.79 Å². The fourth-order valence-electron chi connectivity index (χ4n) is 3.66. The highest BCUT2D eigenvalue weighted by Crippen LogP contribution is 2.51. The van der Waals surface area contributed by atoms with Crippen LogP contribution in [0.4, 0.5) is 0 Å². The minimum Gasteiger partial charge on any atom is -0.493 e. The Bertz CT molecular complexity index is 868. The van der Waals surface area contributed by atoms with Crippen LogP contribution in [-0.4, -0.2) is 26.6 Å². The molecule has 0 fully saturated rings. The molecule has 4 heteroatoms. The second kappa shape index (κ2) is 7.18. The molecule has 0 heterocycles. The predicted octanol–water partition coefficient (Wildman–Crippen LogP) is 4.27. The van der Waals surface area contributed by atoms with Crippen LogP contribution < -0.4 is 9.47 Å². The van der Waals surface area contributed by atoms with Crippen LogP contribution in [0.3, 0.4) is 0 Å². The maximum Gasteiger partial charge on any atom is 0.193 e. The van der Waals surface area contributed by atoms with Crippen molar-refractivity contribution in [2.75, 3.05) is 20.8 Å². The molecule has 2 aromatic carbocycles. The lowest BCUT2D eigenvalue weighted by atomic mass is 9.71. The van der Waals surface area contributed by atoms with Crippen molar-refractivity contribution in [1.29, 1.82) is 0 Å². The second-order valence-corrected chi connectivity index (χ2v) is 6.02. The minimum absolute atomic E-state index is 0.0570. The van der Waals surface area contributed by atoms with Gasteiger partial charge in [0.15, 0.2) is 17.3 Å². The van der Waals surface area contributed by atoms with Crippen LogP contribution >= 0.6 is 0 Å². The number of fused-ring (bicyclic) bond motifs is 2. The van der Waals surface area contributed by atoms with E-state index < -0.39 is 5.60 Å². The molecule has 134 valence electrons. The first-order valence-electron chi connectivity index (χ1n) is 8.40. The summed E-state index contributed by atoms with van der Waals surface area (Å²) in [5.41, 5.74) is 1.73. The summed E-state index contributed by atoms with van der Waals surface area (Å²) in [7, 11) is 3.14.